The number of anilines is 1. The van der Waals surface area contributed by atoms with Crippen LogP contribution in [0.3, 0.4) is 0 Å². The number of halogens is 1. The molecule has 0 atom stereocenters. The van der Waals surface area contributed by atoms with E-state index in [0.717, 1.165) is 29.9 Å². The minimum Gasteiger partial charge on any atom is -0.379 e. The van der Waals surface area contributed by atoms with Crippen LogP contribution in [0.1, 0.15) is 16.7 Å². The van der Waals surface area contributed by atoms with Gasteiger partial charge in [0.25, 0.3) is 11.8 Å². The number of rotatable bonds is 6. The predicted octanol–water partition coefficient (Wildman–Crippen LogP) is 2.97. The van der Waals surface area contributed by atoms with Crippen molar-refractivity contribution in [2.24, 2.45) is 0 Å². The van der Waals surface area contributed by atoms with E-state index in [0.29, 0.717) is 31.9 Å². The van der Waals surface area contributed by atoms with E-state index in [2.05, 4.69) is 10.2 Å². The largest absolute Gasteiger partial charge is 0.379 e. The fourth-order valence-electron chi connectivity index (χ4n) is 3.81. The Morgan fingerprint density at radius 1 is 0.935 bits per heavy atom. The number of hydrogen-bond donors (Lipinski definition) is 1. The smallest absolute Gasteiger partial charge is 0.278 e. The second-order valence-corrected chi connectivity index (χ2v) is 7.90. The fraction of sp³-hybridized carbons (Fsp3) is 0.333. The molecule has 7 heteroatoms. The third-order valence-corrected chi connectivity index (χ3v) is 5.82. The zero-order valence-electron chi connectivity index (χ0n) is 17.8. The lowest BCUT2D eigenvalue weighted by Gasteiger charge is -2.28. The third kappa shape index (κ3) is 4.52. The van der Waals surface area contributed by atoms with Crippen molar-refractivity contribution < 1.29 is 18.7 Å². The molecule has 0 aromatic heterocycles. The van der Waals surface area contributed by atoms with Gasteiger partial charge in [-0.25, -0.2) is 4.39 Å². The summed E-state index contributed by atoms with van der Waals surface area (Å²) in [6.45, 7) is 7.76. The number of ether oxygens (including phenoxy) is 1. The van der Waals surface area contributed by atoms with Crippen molar-refractivity contribution in [3.8, 4) is 0 Å². The van der Waals surface area contributed by atoms with E-state index in [4.69, 9.17) is 4.74 Å². The van der Waals surface area contributed by atoms with Gasteiger partial charge in [-0.2, -0.15) is 0 Å². The lowest BCUT2D eigenvalue weighted by Crippen LogP contribution is -2.43. The van der Waals surface area contributed by atoms with Crippen LogP contribution < -0.4 is 5.32 Å². The summed E-state index contributed by atoms with van der Waals surface area (Å²) in [5.41, 5.74) is 3.95. The number of benzene rings is 2. The molecule has 2 aliphatic rings. The Balaban J connectivity index is 1.63. The van der Waals surface area contributed by atoms with Crippen LogP contribution in [0.5, 0.6) is 0 Å². The lowest BCUT2D eigenvalue weighted by atomic mass is 10.0. The van der Waals surface area contributed by atoms with Gasteiger partial charge in [-0.15, -0.1) is 0 Å². The van der Waals surface area contributed by atoms with Crippen LogP contribution in [0.2, 0.25) is 0 Å². The second-order valence-electron chi connectivity index (χ2n) is 7.90. The number of hydrogen-bond acceptors (Lipinski definition) is 5. The molecule has 1 saturated heterocycles. The molecule has 31 heavy (non-hydrogen) atoms. The Labute approximate surface area is 181 Å². The van der Waals surface area contributed by atoms with E-state index in [-0.39, 0.29) is 23.1 Å². The molecule has 2 aromatic rings. The summed E-state index contributed by atoms with van der Waals surface area (Å²) in [5, 5.41) is 3.16. The van der Waals surface area contributed by atoms with Crippen molar-refractivity contribution in [3.63, 3.8) is 0 Å². The standard InChI is InChI=1S/C24H26FN3O3/c1-16-3-8-20(15-17(16)2)26-22-21(18-4-6-19(25)7-5-18)23(29)28(24(22)30)10-9-27-11-13-31-14-12-27/h3-8,15,26H,9-14H2,1-2H3. The van der Waals surface area contributed by atoms with Crippen LogP contribution >= 0.6 is 0 Å². The van der Waals surface area contributed by atoms with E-state index in [1.54, 1.807) is 0 Å². The van der Waals surface area contributed by atoms with Crippen LogP contribution in [-0.4, -0.2) is 61.0 Å². The first-order valence-corrected chi connectivity index (χ1v) is 10.4. The molecule has 2 aliphatic heterocycles. The zero-order chi connectivity index (χ0) is 22.0. The Morgan fingerprint density at radius 2 is 1.65 bits per heavy atom. The number of nitrogens with one attached hydrogen (secondary N) is 1. The molecule has 2 amide bonds. The van der Waals surface area contributed by atoms with Crippen molar-refractivity contribution in [1.82, 2.24) is 9.80 Å². The normalized spacial score (nSPS) is 17.6. The summed E-state index contributed by atoms with van der Waals surface area (Å²) < 4.78 is 18.8. The van der Waals surface area contributed by atoms with E-state index >= 15 is 0 Å². The molecular weight excluding hydrogens is 397 g/mol. The summed E-state index contributed by atoms with van der Waals surface area (Å²) in [7, 11) is 0. The molecule has 0 radical (unpaired) electrons. The van der Waals surface area contributed by atoms with Gasteiger partial charge in [0.2, 0.25) is 0 Å². The summed E-state index contributed by atoms with van der Waals surface area (Å²) in [6, 6.07) is 11.4. The average molecular weight is 423 g/mol. The monoisotopic (exact) mass is 423 g/mol. The molecule has 0 saturated carbocycles. The molecule has 1 N–H and O–H groups in total. The van der Waals surface area contributed by atoms with Gasteiger partial charge in [0.15, 0.2) is 0 Å². The predicted molar refractivity (Wildman–Crippen MR) is 117 cm³/mol. The minimum atomic E-state index is -0.394. The van der Waals surface area contributed by atoms with Crippen molar-refractivity contribution in [2.45, 2.75) is 13.8 Å². The topological polar surface area (TPSA) is 61.9 Å². The molecule has 1 fully saturated rings. The Morgan fingerprint density at radius 3 is 2.32 bits per heavy atom. The van der Waals surface area contributed by atoms with Gasteiger partial charge in [-0.1, -0.05) is 18.2 Å². The summed E-state index contributed by atoms with van der Waals surface area (Å²) in [6.07, 6.45) is 0. The molecule has 6 nitrogen and oxygen atoms in total. The number of carbonyl (C=O) groups is 2. The molecule has 4 rings (SSSR count). The highest BCUT2D eigenvalue weighted by atomic mass is 19.1. The first kappa shape index (κ1) is 21.2. The van der Waals surface area contributed by atoms with Crippen molar-refractivity contribution >= 4 is 23.1 Å². The molecule has 0 spiro atoms. The lowest BCUT2D eigenvalue weighted by molar-refractivity contribution is -0.137. The molecule has 0 unspecified atom stereocenters. The van der Waals surface area contributed by atoms with E-state index in [1.807, 2.05) is 32.0 Å². The Kier molecular flexibility index (Phi) is 6.15. The van der Waals surface area contributed by atoms with Gasteiger partial charge in [-0.05, 0) is 54.8 Å². The van der Waals surface area contributed by atoms with Crippen LogP contribution in [0.15, 0.2) is 48.2 Å². The SMILES string of the molecule is Cc1ccc(NC2=C(c3ccc(F)cc3)C(=O)N(CCN3CCOCC3)C2=O)cc1C. The zero-order valence-corrected chi connectivity index (χ0v) is 17.8. The first-order chi connectivity index (χ1) is 14.9. The maximum Gasteiger partial charge on any atom is 0.278 e. The van der Waals surface area contributed by atoms with Gasteiger partial charge in [0, 0.05) is 31.9 Å². The molecular formula is C24H26FN3O3. The summed E-state index contributed by atoms with van der Waals surface area (Å²) in [5.74, 6) is -1.12. The second kappa shape index (κ2) is 8.99. The number of amides is 2. The fourth-order valence-corrected chi connectivity index (χ4v) is 3.81. The van der Waals surface area contributed by atoms with Gasteiger partial charge < -0.3 is 10.1 Å². The Hall–Kier alpha value is -3.03. The van der Waals surface area contributed by atoms with Crippen molar-refractivity contribution in [2.75, 3.05) is 44.7 Å². The molecule has 162 valence electrons. The van der Waals surface area contributed by atoms with Crippen molar-refractivity contribution in [1.29, 1.82) is 0 Å². The van der Waals surface area contributed by atoms with Crippen LogP contribution in [0, 0.1) is 19.7 Å². The maximum absolute atomic E-state index is 13.5. The number of aryl methyl sites for hydroxylation is 2. The maximum atomic E-state index is 13.5. The summed E-state index contributed by atoms with van der Waals surface area (Å²) >= 11 is 0. The van der Waals surface area contributed by atoms with Crippen molar-refractivity contribution in [3.05, 3.63) is 70.7 Å². The summed E-state index contributed by atoms with van der Waals surface area (Å²) in [4.78, 5) is 30.0. The Bertz CT molecular complexity index is 1030. The minimum absolute atomic E-state index is 0.224. The molecule has 2 heterocycles. The highest BCUT2D eigenvalue weighted by molar-refractivity contribution is 6.36. The van der Waals surface area contributed by atoms with E-state index in [1.165, 1.54) is 29.2 Å². The highest BCUT2D eigenvalue weighted by Gasteiger charge is 2.39. The van der Waals surface area contributed by atoms with Crippen LogP contribution in [-0.2, 0) is 14.3 Å². The van der Waals surface area contributed by atoms with Crippen LogP contribution in [0.4, 0.5) is 10.1 Å². The number of carbonyl (C=O) groups excluding carboxylic acids is 2. The van der Waals surface area contributed by atoms with Crippen LogP contribution in [0.25, 0.3) is 5.57 Å². The molecule has 0 bridgehead atoms. The van der Waals surface area contributed by atoms with Gasteiger partial charge >= 0.3 is 0 Å². The molecule has 2 aromatic carbocycles. The van der Waals surface area contributed by atoms with Gasteiger partial charge in [-0.3, -0.25) is 19.4 Å². The van der Waals surface area contributed by atoms with Gasteiger partial charge in [0.1, 0.15) is 11.5 Å². The third-order valence-electron chi connectivity index (χ3n) is 5.82. The molecule has 0 aliphatic carbocycles. The number of imide groups is 1. The van der Waals surface area contributed by atoms with Gasteiger partial charge in [0.05, 0.1) is 18.8 Å². The first-order valence-electron chi connectivity index (χ1n) is 10.4. The average Bonchev–Trinajstić information content (AvgIpc) is 3.00. The van der Waals surface area contributed by atoms with E-state index < -0.39 is 5.82 Å². The number of morpholine rings is 1. The quantitative estimate of drug-likeness (QED) is 0.724. The van der Waals surface area contributed by atoms with E-state index in [9.17, 15) is 14.0 Å². The number of nitrogens with zero attached hydrogens (tertiary/aromatic N) is 2. The highest BCUT2D eigenvalue weighted by Crippen LogP contribution is 2.31.